The van der Waals surface area contributed by atoms with Gasteiger partial charge in [-0.05, 0) is 50.5 Å². The lowest BCUT2D eigenvalue weighted by atomic mass is 9.84. The molecule has 0 aromatic rings. The molecule has 0 aromatic heterocycles. The van der Waals surface area contributed by atoms with Crippen molar-refractivity contribution in [2.75, 3.05) is 19.8 Å². The van der Waals surface area contributed by atoms with Crippen LogP contribution in [0.15, 0.2) is 0 Å². The van der Waals surface area contributed by atoms with Gasteiger partial charge < -0.3 is 15.8 Å². The van der Waals surface area contributed by atoms with Crippen LogP contribution in [0.2, 0.25) is 0 Å². The van der Waals surface area contributed by atoms with Crippen molar-refractivity contribution in [1.82, 2.24) is 5.32 Å². The Labute approximate surface area is 123 Å². The number of nitrogens with one attached hydrogen (secondary N) is 1. The van der Waals surface area contributed by atoms with Crippen LogP contribution in [0.1, 0.15) is 59.3 Å². The number of rotatable bonds is 10. The van der Waals surface area contributed by atoms with Crippen LogP contribution in [-0.2, 0) is 9.53 Å². The maximum Gasteiger partial charge on any atom is 0.238 e. The summed E-state index contributed by atoms with van der Waals surface area (Å²) in [5.41, 5.74) is 5.20. The first-order chi connectivity index (χ1) is 9.53. The summed E-state index contributed by atoms with van der Waals surface area (Å²) >= 11 is 0. The zero-order chi connectivity index (χ0) is 15.0. The van der Waals surface area contributed by atoms with Gasteiger partial charge in [0.15, 0.2) is 0 Å². The molecule has 4 heteroatoms. The average Bonchev–Trinajstić information content (AvgIpc) is 2.80. The maximum atomic E-state index is 11.9. The molecule has 0 aliphatic heterocycles. The van der Waals surface area contributed by atoms with E-state index in [1.807, 2.05) is 0 Å². The van der Waals surface area contributed by atoms with Gasteiger partial charge in [-0.1, -0.05) is 27.2 Å². The van der Waals surface area contributed by atoms with E-state index in [-0.39, 0.29) is 5.91 Å². The SMILES string of the molecule is CCCNC1(C(N)=O)CCCC1CCOCCC(C)C. The van der Waals surface area contributed by atoms with Gasteiger partial charge in [-0.15, -0.1) is 0 Å². The van der Waals surface area contributed by atoms with Crippen molar-refractivity contribution in [2.45, 2.75) is 64.8 Å². The molecule has 1 rings (SSSR count). The van der Waals surface area contributed by atoms with Gasteiger partial charge in [0.05, 0.1) is 0 Å². The molecule has 0 aromatic carbocycles. The van der Waals surface area contributed by atoms with Crippen molar-refractivity contribution < 1.29 is 9.53 Å². The van der Waals surface area contributed by atoms with Crippen molar-refractivity contribution in [3.8, 4) is 0 Å². The summed E-state index contributed by atoms with van der Waals surface area (Å²) < 4.78 is 5.70. The number of hydrogen-bond acceptors (Lipinski definition) is 3. The molecule has 1 fully saturated rings. The van der Waals surface area contributed by atoms with Crippen molar-refractivity contribution in [1.29, 1.82) is 0 Å². The lowest BCUT2D eigenvalue weighted by Crippen LogP contribution is -2.58. The van der Waals surface area contributed by atoms with Crippen molar-refractivity contribution >= 4 is 5.91 Å². The fraction of sp³-hybridized carbons (Fsp3) is 0.938. The van der Waals surface area contributed by atoms with Gasteiger partial charge in [0.25, 0.3) is 0 Å². The van der Waals surface area contributed by atoms with E-state index in [1.54, 1.807) is 0 Å². The molecule has 0 saturated heterocycles. The minimum Gasteiger partial charge on any atom is -0.381 e. The van der Waals surface area contributed by atoms with Gasteiger partial charge >= 0.3 is 0 Å². The summed E-state index contributed by atoms with van der Waals surface area (Å²) in [6.07, 6.45) is 6.08. The van der Waals surface area contributed by atoms with Gasteiger partial charge in [-0.3, -0.25) is 4.79 Å². The Morgan fingerprint density at radius 3 is 2.80 bits per heavy atom. The van der Waals surface area contributed by atoms with Crippen molar-refractivity contribution in [2.24, 2.45) is 17.6 Å². The quantitative estimate of drug-likeness (QED) is 0.606. The Kier molecular flexibility index (Phi) is 7.52. The summed E-state index contributed by atoms with van der Waals surface area (Å²) in [6, 6.07) is 0. The molecular weight excluding hydrogens is 252 g/mol. The molecule has 0 heterocycles. The predicted molar refractivity (Wildman–Crippen MR) is 82.5 cm³/mol. The highest BCUT2D eigenvalue weighted by atomic mass is 16.5. The smallest absolute Gasteiger partial charge is 0.238 e. The standard InChI is InChI=1S/C16H32N2O2/c1-4-10-18-16(15(17)19)9-5-6-14(16)8-12-20-11-7-13(2)3/h13-14,18H,4-12H2,1-3H3,(H2,17,19). The fourth-order valence-electron chi connectivity index (χ4n) is 3.11. The number of carbonyl (C=O) groups excluding carboxylic acids is 1. The third-order valence-corrected chi connectivity index (χ3v) is 4.40. The van der Waals surface area contributed by atoms with Crippen LogP contribution in [0, 0.1) is 11.8 Å². The van der Waals surface area contributed by atoms with Crippen LogP contribution < -0.4 is 11.1 Å². The number of hydrogen-bond donors (Lipinski definition) is 2. The second-order valence-electron chi connectivity index (χ2n) is 6.44. The number of amides is 1. The van der Waals surface area contributed by atoms with E-state index in [4.69, 9.17) is 10.5 Å². The van der Waals surface area contributed by atoms with E-state index >= 15 is 0 Å². The Morgan fingerprint density at radius 1 is 1.45 bits per heavy atom. The first-order valence-electron chi connectivity index (χ1n) is 8.15. The minimum atomic E-state index is -0.489. The molecule has 20 heavy (non-hydrogen) atoms. The minimum absolute atomic E-state index is 0.185. The van der Waals surface area contributed by atoms with Gasteiger partial charge in [-0.25, -0.2) is 0 Å². The summed E-state index contributed by atoms with van der Waals surface area (Å²) in [7, 11) is 0. The van der Waals surface area contributed by atoms with E-state index in [0.717, 1.165) is 58.3 Å². The Hall–Kier alpha value is -0.610. The molecular formula is C16H32N2O2. The van der Waals surface area contributed by atoms with Gasteiger partial charge in [0.2, 0.25) is 5.91 Å². The molecule has 3 N–H and O–H groups in total. The number of ether oxygens (including phenoxy) is 1. The maximum absolute atomic E-state index is 11.9. The number of nitrogens with two attached hydrogens (primary N) is 1. The summed E-state index contributed by atoms with van der Waals surface area (Å²) in [6.45, 7) is 8.92. The van der Waals surface area contributed by atoms with Crippen LogP contribution in [0.25, 0.3) is 0 Å². The summed E-state index contributed by atoms with van der Waals surface area (Å²) in [5.74, 6) is 0.818. The second kappa shape index (κ2) is 8.63. The highest BCUT2D eigenvalue weighted by Crippen LogP contribution is 2.37. The molecule has 4 nitrogen and oxygen atoms in total. The van der Waals surface area contributed by atoms with E-state index in [9.17, 15) is 4.79 Å². The number of carbonyl (C=O) groups is 1. The molecule has 1 amide bonds. The lowest BCUT2D eigenvalue weighted by molar-refractivity contribution is -0.126. The highest BCUT2D eigenvalue weighted by molar-refractivity contribution is 5.85. The summed E-state index contributed by atoms with van der Waals surface area (Å²) in [5, 5.41) is 3.42. The van der Waals surface area contributed by atoms with Gasteiger partial charge in [0, 0.05) is 13.2 Å². The predicted octanol–water partition coefficient (Wildman–Crippen LogP) is 2.46. The lowest BCUT2D eigenvalue weighted by Gasteiger charge is -2.33. The molecule has 0 bridgehead atoms. The third kappa shape index (κ3) is 4.74. The van der Waals surface area contributed by atoms with Crippen LogP contribution in [-0.4, -0.2) is 31.2 Å². The Morgan fingerprint density at radius 2 is 2.20 bits per heavy atom. The molecule has 118 valence electrons. The first kappa shape index (κ1) is 17.4. The highest BCUT2D eigenvalue weighted by Gasteiger charge is 2.46. The average molecular weight is 284 g/mol. The van der Waals surface area contributed by atoms with Crippen LogP contribution in [0.4, 0.5) is 0 Å². The summed E-state index contributed by atoms with van der Waals surface area (Å²) in [4.78, 5) is 11.9. The molecule has 1 saturated carbocycles. The van der Waals surface area contributed by atoms with Crippen LogP contribution in [0.5, 0.6) is 0 Å². The topological polar surface area (TPSA) is 64.3 Å². The molecule has 1 aliphatic rings. The fourth-order valence-corrected chi connectivity index (χ4v) is 3.11. The monoisotopic (exact) mass is 284 g/mol. The van der Waals surface area contributed by atoms with Crippen molar-refractivity contribution in [3.63, 3.8) is 0 Å². The normalized spacial score (nSPS) is 26.3. The Balaban J connectivity index is 2.43. The van der Waals surface area contributed by atoms with Gasteiger partial charge in [-0.2, -0.15) is 0 Å². The van der Waals surface area contributed by atoms with E-state index in [0.29, 0.717) is 11.8 Å². The Bertz CT molecular complexity index is 294. The zero-order valence-corrected chi connectivity index (χ0v) is 13.4. The van der Waals surface area contributed by atoms with Gasteiger partial charge in [0.1, 0.15) is 5.54 Å². The largest absolute Gasteiger partial charge is 0.381 e. The second-order valence-corrected chi connectivity index (χ2v) is 6.44. The van der Waals surface area contributed by atoms with E-state index < -0.39 is 5.54 Å². The molecule has 0 spiro atoms. The van der Waals surface area contributed by atoms with E-state index in [1.165, 1.54) is 0 Å². The third-order valence-electron chi connectivity index (χ3n) is 4.40. The van der Waals surface area contributed by atoms with Crippen molar-refractivity contribution in [3.05, 3.63) is 0 Å². The van der Waals surface area contributed by atoms with Crippen LogP contribution in [0.3, 0.4) is 0 Å². The molecule has 2 unspecified atom stereocenters. The molecule has 0 radical (unpaired) electrons. The molecule has 1 aliphatic carbocycles. The van der Waals surface area contributed by atoms with Crippen LogP contribution >= 0.6 is 0 Å². The zero-order valence-electron chi connectivity index (χ0n) is 13.4. The van der Waals surface area contributed by atoms with E-state index in [2.05, 4.69) is 26.1 Å². The molecule has 2 atom stereocenters. The number of primary amides is 1. The first-order valence-corrected chi connectivity index (χ1v) is 8.15.